The second-order valence-corrected chi connectivity index (χ2v) is 12.1. The van der Waals surface area contributed by atoms with Gasteiger partial charge in [0.05, 0.1) is 26.2 Å². The highest BCUT2D eigenvalue weighted by Gasteiger charge is 2.28. The molecule has 0 bridgehead atoms. The number of amides is 1. The lowest BCUT2D eigenvalue weighted by Crippen LogP contribution is -2.53. The van der Waals surface area contributed by atoms with Gasteiger partial charge in [0, 0.05) is 12.1 Å². The average Bonchev–Trinajstić information content (AvgIpc) is 2.88. The Morgan fingerprint density at radius 2 is 1.27 bits per heavy atom. The second-order valence-electron chi connectivity index (χ2n) is 12.1. The highest BCUT2D eigenvalue weighted by atomic mass is 16.2. The number of aryl methyl sites for hydroxylation is 4. The highest BCUT2D eigenvalue weighted by molar-refractivity contribution is 5.93. The Labute approximate surface area is 244 Å². The average molecular weight is 551 g/mol. The largest absolute Gasteiger partial charge is 0.324 e. The van der Waals surface area contributed by atoms with Crippen molar-refractivity contribution in [1.82, 2.24) is 4.90 Å². The Bertz CT molecular complexity index is 1030. The van der Waals surface area contributed by atoms with Gasteiger partial charge in [-0.05, 0) is 101 Å². The predicted molar refractivity (Wildman–Crippen MR) is 170 cm³/mol. The summed E-state index contributed by atoms with van der Waals surface area (Å²) in [5.74, 6) is 0.428. The van der Waals surface area contributed by atoms with E-state index < -0.39 is 0 Å². The highest BCUT2D eigenvalue weighted by Crippen LogP contribution is 2.20. The molecule has 0 saturated carbocycles. The van der Waals surface area contributed by atoms with Gasteiger partial charge in [0.15, 0.2) is 5.78 Å². The Morgan fingerprint density at radius 1 is 0.750 bits per heavy atom. The van der Waals surface area contributed by atoms with Crippen molar-refractivity contribution in [3.8, 4) is 0 Å². The van der Waals surface area contributed by atoms with Crippen molar-refractivity contribution >= 4 is 17.4 Å². The van der Waals surface area contributed by atoms with Crippen LogP contribution < -0.4 is 5.32 Å². The van der Waals surface area contributed by atoms with E-state index in [1.807, 2.05) is 39.1 Å². The third-order valence-electron chi connectivity index (χ3n) is 8.26. The number of carbonyl (C=O) groups excluding carboxylic acids is 2. The maximum atomic E-state index is 13.3. The number of benzene rings is 2. The first-order valence-electron chi connectivity index (χ1n) is 15.6. The minimum absolute atomic E-state index is 0.0491. The lowest BCUT2D eigenvalue weighted by atomic mass is 9.97. The summed E-state index contributed by atoms with van der Waals surface area (Å²) >= 11 is 0. The number of hydrogen-bond acceptors (Lipinski definition) is 3. The van der Waals surface area contributed by atoms with Crippen LogP contribution in [0.25, 0.3) is 0 Å². The third kappa shape index (κ3) is 11.2. The molecule has 40 heavy (non-hydrogen) atoms. The Kier molecular flexibility index (Phi) is 14.6. The number of nitrogens with zero attached hydrogens (tertiary/aromatic N) is 2. The monoisotopic (exact) mass is 550 g/mol. The molecule has 5 nitrogen and oxygen atoms in total. The zero-order valence-electron chi connectivity index (χ0n) is 26.6. The molecule has 5 heteroatoms. The second kappa shape index (κ2) is 17.3. The van der Waals surface area contributed by atoms with Crippen molar-refractivity contribution in [3.05, 3.63) is 64.2 Å². The van der Waals surface area contributed by atoms with Crippen molar-refractivity contribution in [2.75, 3.05) is 51.6 Å². The van der Waals surface area contributed by atoms with E-state index in [1.165, 1.54) is 42.4 Å². The topological polar surface area (TPSA) is 49.4 Å². The van der Waals surface area contributed by atoms with Gasteiger partial charge in [0.2, 0.25) is 5.91 Å². The first-order chi connectivity index (χ1) is 19.1. The molecule has 0 aliphatic rings. The molecular weight excluding hydrogens is 494 g/mol. The number of nitrogens with one attached hydrogen (secondary N) is 1. The number of likely N-dealkylation sites (N-methyl/N-ethyl adjacent to an activating group) is 1. The zero-order chi connectivity index (χ0) is 29.5. The first-order valence-corrected chi connectivity index (χ1v) is 15.6. The number of unbranched alkanes of at least 4 members (excludes halogenated alkanes) is 4. The summed E-state index contributed by atoms with van der Waals surface area (Å²) in [5, 5.41) is 3.09. The van der Waals surface area contributed by atoms with E-state index in [-0.39, 0.29) is 5.91 Å². The van der Waals surface area contributed by atoms with Crippen LogP contribution >= 0.6 is 0 Å². The van der Waals surface area contributed by atoms with Gasteiger partial charge < -0.3 is 9.80 Å². The molecule has 0 unspecified atom stereocenters. The fourth-order valence-corrected chi connectivity index (χ4v) is 6.15. The Hall–Kier alpha value is -2.50. The number of anilines is 1. The van der Waals surface area contributed by atoms with Crippen LogP contribution in [0, 0.1) is 27.7 Å². The van der Waals surface area contributed by atoms with Crippen molar-refractivity contribution in [2.24, 2.45) is 0 Å². The van der Waals surface area contributed by atoms with Crippen molar-refractivity contribution in [2.45, 2.75) is 92.9 Å². The van der Waals surface area contributed by atoms with Crippen LogP contribution in [0.2, 0.25) is 0 Å². The predicted octanol–water partition coefficient (Wildman–Crippen LogP) is 7.19. The SMILES string of the molecule is CCC[N+](CCC)(CCCCCCCN(C)CC(=O)Nc1c(C)cccc1C)CC(=O)Cc1c(C)cccc1C. The quantitative estimate of drug-likeness (QED) is 0.149. The van der Waals surface area contributed by atoms with Gasteiger partial charge in [-0.15, -0.1) is 0 Å². The number of hydrogen-bond donors (Lipinski definition) is 1. The summed E-state index contributed by atoms with van der Waals surface area (Å²) < 4.78 is 0.939. The molecule has 0 saturated heterocycles. The fourth-order valence-electron chi connectivity index (χ4n) is 6.15. The number of rotatable bonds is 19. The first kappa shape index (κ1) is 33.7. The van der Waals surface area contributed by atoms with Crippen LogP contribution in [-0.2, 0) is 16.0 Å². The van der Waals surface area contributed by atoms with Gasteiger partial charge in [0.25, 0.3) is 0 Å². The van der Waals surface area contributed by atoms with E-state index in [0.717, 1.165) is 66.7 Å². The van der Waals surface area contributed by atoms with Gasteiger partial charge in [-0.2, -0.15) is 0 Å². The molecule has 0 spiro atoms. The molecule has 1 amide bonds. The molecule has 0 aliphatic heterocycles. The molecule has 0 aromatic heterocycles. The molecular formula is C35H56N3O2+. The lowest BCUT2D eigenvalue weighted by Gasteiger charge is -2.38. The summed E-state index contributed by atoms with van der Waals surface area (Å²) in [7, 11) is 2.03. The molecule has 0 fully saturated rings. The molecule has 2 aromatic rings. The van der Waals surface area contributed by atoms with Gasteiger partial charge in [-0.25, -0.2) is 0 Å². The van der Waals surface area contributed by atoms with Crippen molar-refractivity contribution in [1.29, 1.82) is 0 Å². The summed E-state index contributed by atoms with van der Waals surface area (Å²) in [6.45, 7) is 18.1. The summed E-state index contributed by atoms with van der Waals surface area (Å²) in [4.78, 5) is 27.9. The Morgan fingerprint density at radius 3 is 1.85 bits per heavy atom. The molecule has 0 aliphatic carbocycles. The van der Waals surface area contributed by atoms with Crippen molar-refractivity contribution in [3.63, 3.8) is 0 Å². The minimum Gasteiger partial charge on any atom is -0.324 e. The minimum atomic E-state index is 0.0491. The van der Waals surface area contributed by atoms with E-state index in [9.17, 15) is 9.59 Å². The van der Waals surface area contributed by atoms with Crippen molar-refractivity contribution < 1.29 is 14.1 Å². The lowest BCUT2D eigenvalue weighted by molar-refractivity contribution is -0.921. The summed E-state index contributed by atoms with van der Waals surface area (Å²) in [6, 6.07) is 12.4. The Balaban J connectivity index is 1.75. The van der Waals surface area contributed by atoms with Gasteiger partial charge >= 0.3 is 0 Å². The molecule has 1 N–H and O–H groups in total. The molecule has 0 atom stereocenters. The maximum Gasteiger partial charge on any atom is 0.238 e. The van der Waals surface area contributed by atoms with E-state index >= 15 is 0 Å². The number of quaternary nitrogens is 1. The fraction of sp³-hybridized carbons (Fsp3) is 0.600. The molecule has 0 radical (unpaired) electrons. The number of para-hydroxylation sites is 1. The standard InChI is InChI=1S/C35H55N3O2/c1-8-22-38(23-9-2,27-32(39)25-33-28(3)17-15-18-29(33)4)24-14-12-10-11-13-21-37(7)26-34(40)36-35-30(5)19-16-20-31(35)6/h15-20H,8-14,21-27H2,1-7H3/p+1. The molecule has 2 rings (SSSR count). The van der Waals surface area contributed by atoms with E-state index in [1.54, 1.807) is 0 Å². The van der Waals surface area contributed by atoms with Gasteiger partial charge in [0.1, 0.15) is 6.54 Å². The molecule has 222 valence electrons. The van der Waals surface area contributed by atoms with E-state index in [2.05, 4.69) is 56.1 Å². The van der Waals surface area contributed by atoms with Crippen LogP contribution in [-0.4, -0.2) is 67.4 Å². The number of carbonyl (C=O) groups is 2. The van der Waals surface area contributed by atoms with Crippen LogP contribution in [0.5, 0.6) is 0 Å². The number of ketones is 1. The smallest absolute Gasteiger partial charge is 0.238 e. The molecule has 2 aromatic carbocycles. The van der Waals surface area contributed by atoms with Crippen LogP contribution in [0.3, 0.4) is 0 Å². The van der Waals surface area contributed by atoms with E-state index in [0.29, 0.717) is 25.3 Å². The van der Waals surface area contributed by atoms with Crippen LogP contribution in [0.1, 0.15) is 86.6 Å². The normalized spacial score (nSPS) is 11.7. The third-order valence-corrected chi connectivity index (χ3v) is 8.26. The van der Waals surface area contributed by atoms with E-state index in [4.69, 9.17) is 0 Å². The number of Topliss-reactive ketones (excluding diaryl/α,β-unsaturated/α-hetero) is 1. The maximum absolute atomic E-state index is 13.3. The molecule has 0 heterocycles. The van der Waals surface area contributed by atoms with Gasteiger partial charge in [-0.3, -0.25) is 14.5 Å². The van der Waals surface area contributed by atoms with Gasteiger partial charge in [-0.1, -0.05) is 63.1 Å². The summed E-state index contributed by atoms with van der Waals surface area (Å²) in [5.41, 5.74) is 6.81. The summed E-state index contributed by atoms with van der Waals surface area (Å²) in [6.07, 6.45) is 8.64. The van der Waals surface area contributed by atoms with Crippen LogP contribution in [0.4, 0.5) is 5.69 Å². The van der Waals surface area contributed by atoms with Crippen LogP contribution in [0.15, 0.2) is 36.4 Å². The zero-order valence-corrected chi connectivity index (χ0v) is 26.6.